The average Bonchev–Trinajstić information content (AvgIpc) is 3.19. The highest BCUT2D eigenvalue weighted by atomic mass is 16.3. The number of carbonyl (C=O) groups is 3. The maximum Gasteiger partial charge on any atom is 0.255 e. The molecule has 8 nitrogen and oxygen atoms in total. The minimum absolute atomic E-state index is 0.151. The fourth-order valence-corrected chi connectivity index (χ4v) is 4.06. The van der Waals surface area contributed by atoms with Gasteiger partial charge in [-0.2, -0.15) is 0 Å². The highest BCUT2D eigenvalue weighted by Crippen LogP contribution is 2.28. The van der Waals surface area contributed by atoms with Gasteiger partial charge in [0.05, 0.1) is 6.10 Å². The molecule has 3 heterocycles. The van der Waals surface area contributed by atoms with Gasteiger partial charge in [0.1, 0.15) is 6.04 Å². The standard InChI is InChI=1S/C19H24N4O4/c24-14-6-13(21-9-14)8-20-7-11-1-2-12-10-23(19(27)15(12)5-11)16-3-4-17(25)22-18(16)26/h1-2,5,13-14,16,20-21,24H,3-4,6-10H2,(H,22,25,26)/t13-,14-,16?/m1/s1. The third-order valence-corrected chi connectivity index (χ3v) is 5.51. The van der Waals surface area contributed by atoms with E-state index in [0.29, 0.717) is 31.6 Å². The van der Waals surface area contributed by atoms with E-state index >= 15 is 0 Å². The van der Waals surface area contributed by atoms with E-state index in [4.69, 9.17) is 0 Å². The fourth-order valence-electron chi connectivity index (χ4n) is 4.06. The molecule has 4 rings (SSSR count). The Labute approximate surface area is 157 Å². The zero-order chi connectivity index (χ0) is 19.0. The topological polar surface area (TPSA) is 111 Å². The number of hydrogen-bond acceptors (Lipinski definition) is 6. The van der Waals surface area contributed by atoms with Crippen molar-refractivity contribution in [2.24, 2.45) is 0 Å². The molecule has 144 valence electrons. The van der Waals surface area contributed by atoms with E-state index in [9.17, 15) is 19.5 Å². The van der Waals surface area contributed by atoms with Gasteiger partial charge in [0.25, 0.3) is 5.91 Å². The van der Waals surface area contributed by atoms with Gasteiger partial charge in [-0.05, 0) is 30.0 Å². The number of nitrogens with one attached hydrogen (secondary N) is 3. The molecule has 27 heavy (non-hydrogen) atoms. The van der Waals surface area contributed by atoms with Crippen LogP contribution >= 0.6 is 0 Å². The number of aliphatic hydroxyl groups excluding tert-OH is 1. The predicted molar refractivity (Wildman–Crippen MR) is 96.6 cm³/mol. The molecule has 0 aromatic heterocycles. The van der Waals surface area contributed by atoms with Gasteiger partial charge in [0, 0.05) is 44.2 Å². The molecule has 8 heteroatoms. The van der Waals surface area contributed by atoms with Crippen LogP contribution in [0, 0.1) is 0 Å². The predicted octanol–water partition coefficient (Wildman–Crippen LogP) is -0.740. The van der Waals surface area contributed by atoms with Crippen molar-refractivity contribution in [3.63, 3.8) is 0 Å². The van der Waals surface area contributed by atoms with E-state index in [2.05, 4.69) is 16.0 Å². The molecule has 3 aliphatic heterocycles. The van der Waals surface area contributed by atoms with E-state index in [0.717, 1.165) is 24.1 Å². The Bertz CT molecular complexity index is 781. The molecule has 3 atom stereocenters. The Morgan fingerprint density at radius 3 is 2.85 bits per heavy atom. The molecule has 0 bridgehead atoms. The third kappa shape index (κ3) is 3.73. The molecule has 1 unspecified atom stereocenters. The summed E-state index contributed by atoms with van der Waals surface area (Å²) in [6.45, 7) is 2.42. The first-order valence-electron chi connectivity index (χ1n) is 9.40. The van der Waals surface area contributed by atoms with Gasteiger partial charge in [-0.15, -0.1) is 0 Å². The van der Waals surface area contributed by atoms with Gasteiger partial charge in [-0.3, -0.25) is 19.7 Å². The second-order valence-electron chi connectivity index (χ2n) is 7.52. The van der Waals surface area contributed by atoms with Crippen LogP contribution in [0.5, 0.6) is 0 Å². The van der Waals surface area contributed by atoms with Crippen molar-refractivity contribution in [2.45, 2.75) is 50.5 Å². The third-order valence-electron chi connectivity index (χ3n) is 5.51. The number of rotatable bonds is 5. The molecule has 1 aromatic carbocycles. The van der Waals surface area contributed by atoms with E-state index in [1.807, 2.05) is 18.2 Å². The van der Waals surface area contributed by atoms with Crippen LogP contribution in [0.4, 0.5) is 0 Å². The van der Waals surface area contributed by atoms with Crippen molar-refractivity contribution in [3.05, 3.63) is 34.9 Å². The molecule has 0 spiro atoms. The molecular weight excluding hydrogens is 348 g/mol. The molecular formula is C19H24N4O4. The van der Waals surface area contributed by atoms with Crippen LogP contribution in [-0.2, 0) is 22.7 Å². The lowest BCUT2D eigenvalue weighted by atomic mass is 10.0. The van der Waals surface area contributed by atoms with Gasteiger partial charge in [0.2, 0.25) is 11.8 Å². The Hall–Kier alpha value is -2.29. The van der Waals surface area contributed by atoms with Crippen LogP contribution in [0.1, 0.15) is 40.7 Å². The van der Waals surface area contributed by atoms with Gasteiger partial charge in [0.15, 0.2) is 0 Å². The number of hydrogen-bond donors (Lipinski definition) is 4. The molecule has 3 amide bonds. The number of nitrogens with zero attached hydrogens (tertiary/aromatic N) is 1. The minimum atomic E-state index is -0.580. The molecule has 0 aliphatic carbocycles. The first-order chi connectivity index (χ1) is 13.0. The summed E-state index contributed by atoms with van der Waals surface area (Å²) >= 11 is 0. The van der Waals surface area contributed by atoms with Gasteiger partial charge < -0.3 is 20.6 Å². The largest absolute Gasteiger partial charge is 0.392 e. The van der Waals surface area contributed by atoms with Crippen molar-refractivity contribution < 1.29 is 19.5 Å². The van der Waals surface area contributed by atoms with Crippen molar-refractivity contribution in [3.8, 4) is 0 Å². The minimum Gasteiger partial charge on any atom is -0.392 e. The smallest absolute Gasteiger partial charge is 0.255 e. The van der Waals surface area contributed by atoms with E-state index < -0.39 is 6.04 Å². The second-order valence-corrected chi connectivity index (χ2v) is 7.52. The molecule has 0 radical (unpaired) electrons. The lowest BCUT2D eigenvalue weighted by molar-refractivity contribution is -0.136. The first kappa shape index (κ1) is 18.1. The summed E-state index contributed by atoms with van der Waals surface area (Å²) in [4.78, 5) is 37.8. The summed E-state index contributed by atoms with van der Waals surface area (Å²) in [6, 6.07) is 5.49. The number of β-amino-alcohol motifs (C(OH)–C–C–N with tert-alkyl or cyclic N) is 1. The van der Waals surface area contributed by atoms with Crippen LogP contribution in [0.15, 0.2) is 18.2 Å². The fraction of sp³-hybridized carbons (Fsp3) is 0.526. The number of imide groups is 1. The number of amides is 3. The quantitative estimate of drug-likeness (QED) is 0.507. The zero-order valence-corrected chi connectivity index (χ0v) is 15.0. The van der Waals surface area contributed by atoms with Crippen LogP contribution in [0.3, 0.4) is 0 Å². The number of aliphatic hydroxyl groups is 1. The lowest BCUT2D eigenvalue weighted by Gasteiger charge is -2.29. The maximum absolute atomic E-state index is 12.8. The second kappa shape index (κ2) is 7.38. The monoisotopic (exact) mass is 372 g/mol. The number of piperidine rings is 1. The summed E-state index contributed by atoms with van der Waals surface area (Å²) in [7, 11) is 0. The van der Waals surface area contributed by atoms with Crippen molar-refractivity contribution in [1.29, 1.82) is 0 Å². The van der Waals surface area contributed by atoms with Crippen molar-refractivity contribution in [1.82, 2.24) is 20.9 Å². The van der Waals surface area contributed by atoms with Gasteiger partial charge in [-0.1, -0.05) is 12.1 Å². The highest BCUT2D eigenvalue weighted by molar-refractivity contribution is 6.05. The molecule has 2 fully saturated rings. The summed E-state index contributed by atoms with van der Waals surface area (Å²) < 4.78 is 0. The molecule has 2 saturated heterocycles. The summed E-state index contributed by atoms with van der Waals surface area (Å²) in [6.07, 6.45) is 1.11. The van der Waals surface area contributed by atoms with Crippen molar-refractivity contribution in [2.75, 3.05) is 13.1 Å². The lowest BCUT2D eigenvalue weighted by Crippen LogP contribution is -2.52. The van der Waals surface area contributed by atoms with E-state index in [1.165, 1.54) is 0 Å². The maximum atomic E-state index is 12.8. The zero-order valence-electron chi connectivity index (χ0n) is 15.0. The van der Waals surface area contributed by atoms with Crippen molar-refractivity contribution >= 4 is 17.7 Å². The van der Waals surface area contributed by atoms with E-state index in [-0.39, 0.29) is 36.3 Å². The summed E-state index contributed by atoms with van der Waals surface area (Å²) in [5.41, 5.74) is 2.55. The Morgan fingerprint density at radius 1 is 1.26 bits per heavy atom. The number of carbonyl (C=O) groups excluding carboxylic acids is 3. The molecule has 1 aromatic rings. The van der Waals surface area contributed by atoms with Crippen LogP contribution in [-0.4, -0.2) is 59.0 Å². The summed E-state index contributed by atoms with van der Waals surface area (Å²) in [5, 5.41) is 18.5. The van der Waals surface area contributed by atoms with Gasteiger partial charge in [-0.25, -0.2) is 0 Å². The molecule has 4 N–H and O–H groups in total. The number of fused-ring (bicyclic) bond motifs is 1. The number of benzene rings is 1. The normalized spacial score (nSPS) is 27.8. The summed E-state index contributed by atoms with van der Waals surface area (Å²) in [5.74, 6) is -0.819. The Balaban J connectivity index is 1.38. The van der Waals surface area contributed by atoms with Crippen LogP contribution in [0.25, 0.3) is 0 Å². The highest BCUT2D eigenvalue weighted by Gasteiger charge is 2.39. The van der Waals surface area contributed by atoms with Gasteiger partial charge >= 0.3 is 0 Å². The first-order valence-corrected chi connectivity index (χ1v) is 9.40. The Kier molecular flexibility index (Phi) is 4.94. The molecule has 0 saturated carbocycles. The van der Waals surface area contributed by atoms with Crippen LogP contribution < -0.4 is 16.0 Å². The van der Waals surface area contributed by atoms with E-state index in [1.54, 1.807) is 4.90 Å². The molecule has 3 aliphatic rings. The SMILES string of the molecule is O=C1CCC(N2Cc3ccc(CNC[C@H]4C[C@@H](O)CN4)cc3C2=O)C(=O)N1. The van der Waals surface area contributed by atoms with Crippen LogP contribution in [0.2, 0.25) is 0 Å². The average molecular weight is 372 g/mol. The Morgan fingerprint density at radius 2 is 2.11 bits per heavy atom.